The highest BCUT2D eigenvalue weighted by Gasteiger charge is 2.25. The first-order chi connectivity index (χ1) is 13.7. The van der Waals surface area contributed by atoms with E-state index in [0.717, 1.165) is 37.9 Å². The van der Waals surface area contributed by atoms with E-state index < -0.39 is 0 Å². The number of nitrogens with zero attached hydrogens (tertiary/aromatic N) is 4. The summed E-state index contributed by atoms with van der Waals surface area (Å²) in [4.78, 5) is 21.3. The van der Waals surface area contributed by atoms with Crippen molar-refractivity contribution in [3.05, 3.63) is 36.0 Å². The topological polar surface area (TPSA) is 74.5 Å². The molecule has 0 atom stereocenters. The largest absolute Gasteiger partial charge is 0.369 e. The van der Waals surface area contributed by atoms with E-state index in [4.69, 9.17) is 4.52 Å². The Bertz CT molecular complexity index is 774. The van der Waals surface area contributed by atoms with Gasteiger partial charge in [0.2, 0.25) is 11.8 Å². The van der Waals surface area contributed by atoms with Gasteiger partial charge in [0, 0.05) is 50.5 Å². The van der Waals surface area contributed by atoms with Crippen molar-refractivity contribution in [2.75, 3.05) is 36.4 Å². The van der Waals surface area contributed by atoms with Gasteiger partial charge in [-0.3, -0.25) is 9.69 Å². The SMILES string of the molecule is Cc1nc(CC(=O)Nc2ccc(N3CCN(C4CCCCC4)CC3)cc2)no1. The van der Waals surface area contributed by atoms with Crippen LogP contribution in [0.3, 0.4) is 0 Å². The predicted octanol–water partition coefficient (Wildman–Crippen LogP) is 3.01. The van der Waals surface area contributed by atoms with Crippen LogP contribution in [0.2, 0.25) is 0 Å². The first kappa shape index (κ1) is 18.9. The van der Waals surface area contributed by atoms with Crippen molar-refractivity contribution in [3.8, 4) is 0 Å². The molecular weight excluding hydrogens is 354 g/mol. The summed E-state index contributed by atoms with van der Waals surface area (Å²) in [7, 11) is 0. The molecule has 7 heteroatoms. The number of amides is 1. The highest BCUT2D eigenvalue weighted by molar-refractivity contribution is 5.91. The molecule has 0 unspecified atom stereocenters. The summed E-state index contributed by atoms with van der Waals surface area (Å²) in [6.07, 6.45) is 7.06. The van der Waals surface area contributed by atoms with Crippen molar-refractivity contribution >= 4 is 17.3 Å². The summed E-state index contributed by atoms with van der Waals surface area (Å²) in [6.45, 7) is 6.14. The van der Waals surface area contributed by atoms with Crippen LogP contribution in [-0.4, -0.2) is 53.2 Å². The van der Waals surface area contributed by atoms with Crippen molar-refractivity contribution in [2.24, 2.45) is 0 Å². The summed E-state index contributed by atoms with van der Waals surface area (Å²) in [6, 6.07) is 8.90. The number of hydrogen-bond donors (Lipinski definition) is 1. The van der Waals surface area contributed by atoms with Crippen LogP contribution in [-0.2, 0) is 11.2 Å². The molecule has 0 radical (unpaired) electrons. The minimum absolute atomic E-state index is 0.113. The molecule has 4 rings (SSSR count). The van der Waals surface area contributed by atoms with E-state index in [1.54, 1.807) is 6.92 Å². The first-order valence-electron chi connectivity index (χ1n) is 10.4. The number of hydrogen-bond acceptors (Lipinski definition) is 6. The third-order valence-corrected chi connectivity index (χ3v) is 5.81. The van der Waals surface area contributed by atoms with Gasteiger partial charge in [-0.05, 0) is 37.1 Å². The van der Waals surface area contributed by atoms with Crippen LogP contribution >= 0.6 is 0 Å². The highest BCUT2D eigenvalue weighted by Crippen LogP contribution is 2.25. The Kier molecular flexibility index (Phi) is 5.90. The van der Waals surface area contributed by atoms with Gasteiger partial charge in [-0.15, -0.1) is 0 Å². The van der Waals surface area contributed by atoms with Gasteiger partial charge in [0.15, 0.2) is 5.82 Å². The van der Waals surface area contributed by atoms with Gasteiger partial charge in [-0.25, -0.2) is 0 Å². The summed E-state index contributed by atoms with van der Waals surface area (Å²) in [5.41, 5.74) is 2.00. The molecule has 0 spiro atoms. The predicted molar refractivity (Wildman–Crippen MR) is 108 cm³/mol. The molecule has 7 nitrogen and oxygen atoms in total. The monoisotopic (exact) mass is 383 g/mol. The van der Waals surface area contributed by atoms with Crippen molar-refractivity contribution in [2.45, 2.75) is 51.5 Å². The van der Waals surface area contributed by atoms with Crippen LogP contribution < -0.4 is 10.2 Å². The number of carbonyl (C=O) groups is 1. The average Bonchev–Trinajstić information content (AvgIpc) is 3.14. The Hall–Kier alpha value is -2.41. The number of rotatable bonds is 5. The number of piperazine rings is 1. The third-order valence-electron chi connectivity index (χ3n) is 5.81. The molecule has 2 fully saturated rings. The fraction of sp³-hybridized carbons (Fsp3) is 0.571. The lowest BCUT2D eigenvalue weighted by Gasteiger charge is -2.41. The van der Waals surface area contributed by atoms with Gasteiger partial charge >= 0.3 is 0 Å². The van der Waals surface area contributed by atoms with Gasteiger partial charge in [-0.2, -0.15) is 4.98 Å². The van der Waals surface area contributed by atoms with E-state index in [1.807, 2.05) is 12.1 Å². The molecule has 28 heavy (non-hydrogen) atoms. The molecule has 2 aromatic rings. The number of carbonyl (C=O) groups excluding carboxylic acids is 1. The zero-order valence-corrected chi connectivity index (χ0v) is 16.6. The maximum absolute atomic E-state index is 12.1. The lowest BCUT2D eigenvalue weighted by atomic mass is 9.94. The molecule has 1 aliphatic heterocycles. The fourth-order valence-corrected chi connectivity index (χ4v) is 4.31. The standard InChI is InChI=1S/C21H29N5O2/c1-16-22-20(24-28-16)15-21(27)23-17-7-9-19(10-8-17)26-13-11-25(12-14-26)18-5-3-2-4-6-18/h7-10,18H,2-6,11-15H2,1H3,(H,23,27). The summed E-state index contributed by atoms with van der Waals surface area (Å²) in [5, 5.41) is 6.65. The maximum atomic E-state index is 12.1. The Morgan fingerprint density at radius 3 is 2.46 bits per heavy atom. The number of nitrogens with one attached hydrogen (secondary N) is 1. The Balaban J connectivity index is 1.27. The van der Waals surface area contributed by atoms with Gasteiger partial charge in [0.1, 0.15) is 0 Å². The lowest BCUT2D eigenvalue weighted by Crippen LogP contribution is -2.50. The second kappa shape index (κ2) is 8.73. The zero-order valence-electron chi connectivity index (χ0n) is 16.6. The molecule has 1 aromatic carbocycles. The normalized spacial score (nSPS) is 19.0. The molecule has 150 valence electrons. The quantitative estimate of drug-likeness (QED) is 0.855. The highest BCUT2D eigenvalue weighted by atomic mass is 16.5. The zero-order chi connectivity index (χ0) is 19.3. The average molecular weight is 383 g/mol. The minimum atomic E-state index is -0.144. The smallest absolute Gasteiger partial charge is 0.232 e. The van der Waals surface area contributed by atoms with E-state index >= 15 is 0 Å². The van der Waals surface area contributed by atoms with Crippen molar-refractivity contribution in [1.82, 2.24) is 15.0 Å². The van der Waals surface area contributed by atoms with E-state index in [-0.39, 0.29) is 12.3 Å². The van der Waals surface area contributed by atoms with Crippen LogP contribution in [0.5, 0.6) is 0 Å². The molecule has 2 heterocycles. The summed E-state index contributed by atoms with van der Waals surface area (Å²) in [5.74, 6) is 0.729. The first-order valence-corrected chi connectivity index (χ1v) is 10.4. The number of anilines is 2. The second-order valence-corrected chi connectivity index (χ2v) is 7.82. The number of aryl methyl sites for hydroxylation is 1. The van der Waals surface area contributed by atoms with Crippen LogP contribution in [0.25, 0.3) is 0 Å². The molecule has 1 aliphatic carbocycles. The summed E-state index contributed by atoms with van der Waals surface area (Å²) < 4.78 is 4.89. The second-order valence-electron chi connectivity index (χ2n) is 7.82. The van der Waals surface area contributed by atoms with Gasteiger partial charge in [-0.1, -0.05) is 24.4 Å². The molecule has 1 saturated carbocycles. The van der Waals surface area contributed by atoms with Crippen molar-refractivity contribution in [1.29, 1.82) is 0 Å². The number of benzene rings is 1. The lowest BCUT2D eigenvalue weighted by molar-refractivity contribution is -0.115. The molecule has 1 saturated heterocycles. The molecule has 1 aromatic heterocycles. The van der Waals surface area contributed by atoms with Gasteiger partial charge in [0.25, 0.3) is 0 Å². The molecule has 0 bridgehead atoms. The molecular formula is C21H29N5O2. The van der Waals surface area contributed by atoms with Gasteiger partial charge < -0.3 is 14.7 Å². The summed E-state index contributed by atoms with van der Waals surface area (Å²) >= 11 is 0. The van der Waals surface area contributed by atoms with E-state index in [1.165, 1.54) is 37.8 Å². The third kappa shape index (κ3) is 4.70. The van der Waals surface area contributed by atoms with Crippen LogP contribution in [0, 0.1) is 6.92 Å². The Labute approximate surface area is 166 Å². The Morgan fingerprint density at radius 1 is 1.11 bits per heavy atom. The number of aromatic nitrogens is 2. The molecule has 1 N–H and O–H groups in total. The fourth-order valence-electron chi connectivity index (χ4n) is 4.31. The maximum Gasteiger partial charge on any atom is 0.232 e. The van der Waals surface area contributed by atoms with Crippen LogP contribution in [0.4, 0.5) is 11.4 Å². The van der Waals surface area contributed by atoms with Crippen LogP contribution in [0.15, 0.2) is 28.8 Å². The molecule has 2 aliphatic rings. The van der Waals surface area contributed by atoms with Crippen molar-refractivity contribution < 1.29 is 9.32 Å². The van der Waals surface area contributed by atoms with E-state index in [2.05, 4.69) is 37.4 Å². The molecule has 1 amide bonds. The van der Waals surface area contributed by atoms with E-state index in [9.17, 15) is 4.79 Å². The minimum Gasteiger partial charge on any atom is -0.369 e. The Morgan fingerprint density at radius 2 is 1.82 bits per heavy atom. The van der Waals surface area contributed by atoms with Crippen LogP contribution in [0.1, 0.15) is 43.8 Å². The van der Waals surface area contributed by atoms with Gasteiger partial charge in [0.05, 0.1) is 6.42 Å². The van der Waals surface area contributed by atoms with Crippen molar-refractivity contribution in [3.63, 3.8) is 0 Å². The van der Waals surface area contributed by atoms with E-state index in [0.29, 0.717) is 11.7 Å².